The highest BCUT2D eigenvalue weighted by Crippen LogP contribution is 2.44. The maximum Gasteiger partial charge on any atom is 0.390 e. The number of halogens is 3. The lowest BCUT2D eigenvalue weighted by Crippen LogP contribution is -2.40. The highest BCUT2D eigenvalue weighted by molar-refractivity contribution is 6.06. The fourth-order valence-electron chi connectivity index (χ4n) is 4.42. The van der Waals surface area contributed by atoms with Crippen molar-refractivity contribution in [2.45, 2.75) is 57.8 Å². The summed E-state index contributed by atoms with van der Waals surface area (Å²) in [5.41, 5.74) is 2.56. The van der Waals surface area contributed by atoms with Gasteiger partial charge in [-0.1, -0.05) is 6.07 Å². The fourth-order valence-corrected chi connectivity index (χ4v) is 4.42. The molecule has 2 unspecified atom stereocenters. The van der Waals surface area contributed by atoms with E-state index >= 15 is 0 Å². The van der Waals surface area contributed by atoms with Gasteiger partial charge in [-0.25, -0.2) is 9.78 Å². The molecule has 10 nitrogen and oxygen atoms in total. The quantitative estimate of drug-likeness (QED) is 0.384. The minimum Gasteiger partial charge on any atom is -0.496 e. The molecule has 2 aromatic heterocycles. The van der Waals surface area contributed by atoms with Gasteiger partial charge in [-0.3, -0.25) is 4.79 Å². The highest BCUT2D eigenvalue weighted by Gasteiger charge is 2.41. The largest absolute Gasteiger partial charge is 0.496 e. The first-order valence-electron chi connectivity index (χ1n) is 12.8. The van der Waals surface area contributed by atoms with Crippen LogP contribution in [0.5, 0.6) is 5.75 Å². The van der Waals surface area contributed by atoms with Crippen LogP contribution in [0, 0.1) is 6.92 Å². The number of aryl methyl sites for hydroxylation is 1. The molecule has 3 amide bonds. The van der Waals surface area contributed by atoms with Gasteiger partial charge >= 0.3 is 12.2 Å². The van der Waals surface area contributed by atoms with E-state index < -0.39 is 31.1 Å². The average molecular weight is 560 g/mol. The van der Waals surface area contributed by atoms with E-state index in [1.165, 1.54) is 14.2 Å². The Bertz CT molecular complexity index is 1390. The number of aromatic nitrogens is 4. The number of nitrogens with zero attached hydrogens (tertiary/aromatic N) is 5. The Morgan fingerprint density at radius 1 is 1.25 bits per heavy atom. The van der Waals surface area contributed by atoms with Crippen molar-refractivity contribution in [1.29, 1.82) is 0 Å². The van der Waals surface area contributed by atoms with Crippen molar-refractivity contribution in [1.82, 2.24) is 30.0 Å². The number of alkyl halides is 3. The van der Waals surface area contributed by atoms with Crippen LogP contribution in [0.15, 0.2) is 36.7 Å². The molecule has 1 aliphatic rings. The summed E-state index contributed by atoms with van der Waals surface area (Å²) in [6.07, 6.45) is -3.18. The molecule has 1 saturated carbocycles. The minimum absolute atomic E-state index is 0.0822. The molecule has 2 N–H and O–H groups in total. The second-order valence-electron chi connectivity index (χ2n) is 10.1. The minimum atomic E-state index is -4.34. The second-order valence-corrected chi connectivity index (χ2v) is 10.1. The zero-order chi connectivity index (χ0) is 29.2. The monoisotopic (exact) mass is 559 g/mol. The van der Waals surface area contributed by atoms with E-state index in [9.17, 15) is 22.8 Å². The van der Waals surface area contributed by atoms with E-state index in [4.69, 9.17) is 4.74 Å². The molecule has 1 aromatic carbocycles. The van der Waals surface area contributed by atoms with E-state index in [1.807, 2.05) is 25.3 Å². The first-order chi connectivity index (χ1) is 18.9. The molecule has 13 heteroatoms. The molecule has 0 saturated heterocycles. The van der Waals surface area contributed by atoms with Crippen LogP contribution in [0.25, 0.3) is 11.5 Å². The molecule has 3 aromatic rings. The van der Waals surface area contributed by atoms with Gasteiger partial charge in [0, 0.05) is 31.6 Å². The smallest absolute Gasteiger partial charge is 0.390 e. The number of carbonyl (C=O) groups is 2. The summed E-state index contributed by atoms with van der Waals surface area (Å²) in [6, 6.07) is 8.00. The molecule has 1 aliphatic carbocycles. The van der Waals surface area contributed by atoms with E-state index in [2.05, 4.69) is 25.8 Å². The summed E-state index contributed by atoms with van der Waals surface area (Å²) < 4.78 is 44.9. The molecule has 0 spiro atoms. The fraction of sp³-hybridized carbons (Fsp3) is 0.444. The van der Waals surface area contributed by atoms with Gasteiger partial charge in [0.2, 0.25) is 0 Å². The van der Waals surface area contributed by atoms with Crippen molar-refractivity contribution in [2.24, 2.45) is 0 Å². The third-order valence-electron chi connectivity index (χ3n) is 6.76. The second kappa shape index (κ2) is 11.5. The number of urea groups is 1. The summed E-state index contributed by atoms with van der Waals surface area (Å²) in [6.45, 7) is 5.45. The van der Waals surface area contributed by atoms with Crippen molar-refractivity contribution in [3.05, 3.63) is 53.3 Å². The maximum atomic E-state index is 13.3. The first-order valence-corrected chi connectivity index (χ1v) is 12.8. The molecule has 0 radical (unpaired) electrons. The molecule has 2 heterocycles. The molecule has 1 fully saturated rings. The SMILES string of the molecule is COc1cc(C)c(C2CC2NC(=O)N(C)CCC(F)(F)F)cc1C(=O)Nc1cccc(-c2nncn2C(C)C)n1. The molecule has 0 aliphatic heterocycles. The standard InChI is InChI=1S/C27H32F3N7O3/c1-15(2)37-14-31-35-24(37)20-7-6-8-23(32-20)34-25(38)19-12-17(16(3)11-22(19)40-5)18-13-21(18)33-26(39)36(4)10-9-27(28,29)30/h6-8,11-12,14-15,18,21H,9-10,13H2,1-5H3,(H,33,39)(H,32,34,38). The van der Waals surface area contributed by atoms with Crippen molar-refractivity contribution >= 4 is 17.8 Å². The lowest BCUT2D eigenvalue weighted by molar-refractivity contribution is -0.136. The number of carbonyl (C=O) groups excluding carboxylic acids is 2. The molecule has 0 bridgehead atoms. The van der Waals surface area contributed by atoms with Crippen LogP contribution < -0.4 is 15.4 Å². The van der Waals surface area contributed by atoms with Gasteiger partial charge in [0.15, 0.2) is 5.82 Å². The van der Waals surface area contributed by atoms with Crippen LogP contribution in [0.4, 0.5) is 23.8 Å². The van der Waals surface area contributed by atoms with Crippen molar-refractivity contribution < 1.29 is 27.5 Å². The summed E-state index contributed by atoms with van der Waals surface area (Å²) in [5.74, 6) is 0.764. The lowest BCUT2D eigenvalue weighted by Gasteiger charge is -2.19. The Labute approximate surface area is 229 Å². The van der Waals surface area contributed by atoms with Crippen LogP contribution in [-0.4, -0.2) is 69.5 Å². The summed E-state index contributed by atoms with van der Waals surface area (Å²) in [7, 11) is 2.80. The van der Waals surface area contributed by atoms with Gasteiger partial charge in [0.1, 0.15) is 23.6 Å². The molecular weight excluding hydrogens is 527 g/mol. The number of rotatable bonds is 9. The Morgan fingerprint density at radius 3 is 2.67 bits per heavy atom. The van der Waals surface area contributed by atoms with Crippen LogP contribution in [0.1, 0.15) is 60.1 Å². The molecule has 4 rings (SSSR count). The number of hydrogen-bond acceptors (Lipinski definition) is 6. The summed E-state index contributed by atoms with van der Waals surface area (Å²) >= 11 is 0. The van der Waals surface area contributed by atoms with Crippen LogP contribution >= 0.6 is 0 Å². The topological polar surface area (TPSA) is 114 Å². The highest BCUT2D eigenvalue weighted by atomic mass is 19.4. The number of ether oxygens (including phenoxy) is 1. The number of anilines is 1. The average Bonchev–Trinajstić information content (AvgIpc) is 3.45. The molecular formula is C27H32F3N7O3. The van der Waals surface area contributed by atoms with E-state index in [-0.39, 0.29) is 18.0 Å². The Balaban J connectivity index is 1.48. The zero-order valence-corrected chi connectivity index (χ0v) is 22.9. The van der Waals surface area contributed by atoms with Crippen molar-refractivity contribution in [3.8, 4) is 17.3 Å². The lowest BCUT2D eigenvalue weighted by atomic mass is 9.99. The number of nitrogens with one attached hydrogen (secondary N) is 2. The van der Waals surface area contributed by atoms with E-state index in [1.54, 1.807) is 36.7 Å². The Morgan fingerprint density at radius 2 is 2.00 bits per heavy atom. The Hall–Kier alpha value is -4.16. The van der Waals surface area contributed by atoms with Gasteiger partial charge in [0.25, 0.3) is 5.91 Å². The molecule has 214 valence electrons. The van der Waals surface area contributed by atoms with E-state index in [0.29, 0.717) is 35.1 Å². The van der Waals surface area contributed by atoms with Gasteiger partial charge in [-0.05, 0) is 62.6 Å². The number of amides is 3. The zero-order valence-electron chi connectivity index (χ0n) is 22.9. The van der Waals surface area contributed by atoms with Crippen LogP contribution in [-0.2, 0) is 0 Å². The number of benzene rings is 1. The van der Waals surface area contributed by atoms with Gasteiger partial charge < -0.3 is 24.8 Å². The van der Waals surface area contributed by atoms with Crippen LogP contribution in [0.2, 0.25) is 0 Å². The van der Waals surface area contributed by atoms with Crippen molar-refractivity contribution in [2.75, 3.05) is 26.0 Å². The number of methoxy groups -OCH3 is 1. The van der Waals surface area contributed by atoms with Gasteiger partial charge in [-0.2, -0.15) is 13.2 Å². The van der Waals surface area contributed by atoms with Gasteiger partial charge in [0.05, 0.1) is 19.1 Å². The normalized spacial score (nSPS) is 16.5. The third-order valence-corrected chi connectivity index (χ3v) is 6.76. The van der Waals surface area contributed by atoms with E-state index in [0.717, 1.165) is 16.0 Å². The molecule has 40 heavy (non-hydrogen) atoms. The number of pyridine rings is 1. The Kier molecular flexibility index (Phi) is 8.31. The van der Waals surface area contributed by atoms with Gasteiger partial charge in [-0.15, -0.1) is 10.2 Å². The predicted octanol–water partition coefficient (Wildman–Crippen LogP) is 4.94. The van der Waals surface area contributed by atoms with Crippen LogP contribution in [0.3, 0.4) is 0 Å². The maximum absolute atomic E-state index is 13.3. The third kappa shape index (κ3) is 6.69. The summed E-state index contributed by atoms with van der Waals surface area (Å²) in [4.78, 5) is 31.3. The van der Waals surface area contributed by atoms with Crippen molar-refractivity contribution in [3.63, 3.8) is 0 Å². The predicted molar refractivity (Wildman–Crippen MR) is 142 cm³/mol. The molecule has 2 atom stereocenters. The first kappa shape index (κ1) is 28.8. The summed E-state index contributed by atoms with van der Waals surface area (Å²) in [5, 5.41) is 13.7. The number of hydrogen-bond donors (Lipinski definition) is 2.